The second kappa shape index (κ2) is 4.53. The van der Waals surface area contributed by atoms with Gasteiger partial charge in [-0.15, -0.1) is 0 Å². The van der Waals surface area contributed by atoms with Gasteiger partial charge in [-0.2, -0.15) is 11.3 Å². The summed E-state index contributed by atoms with van der Waals surface area (Å²) in [7, 11) is 0. The van der Waals surface area contributed by atoms with Gasteiger partial charge in [0.1, 0.15) is 6.61 Å². The highest BCUT2D eigenvalue weighted by molar-refractivity contribution is 7.07. The van der Waals surface area contributed by atoms with Crippen LogP contribution in [-0.4, -0.2) is 0 Å². The fourth-order valence-electron chi connectivity index (χ4n) is 1.32. The number of benzene rings is 1. The minimum absolute atomic E-state index is 0.248. The second-order valence-corrected chi connectivity index (χ2v) is 4.34. The Bertz CT molecular complexity index is 482. The lowest BCUT2D eigenvalue weighted by Crippen LogP contribution is -1.99. The fraction of sp³-hybridized carbons (Fsp3) is 0.167. The lowest BCUT2D eigenvalue weighted by molar-refractivity contribution is 0.290. The zero-order valence-corrected chi connectivity index (χ0v) is 9.68. The topological polar surface area (TPSA) is 35.2 Å². The summed E-state index contributed by atoms with van der Waals surface area (Å²) in [5, 5.41) is 3.94. The molecule has 0 fully saturated rings. The van der Waals surface area contributed by atoms with Gasteiger partial charge in [0.25, 0.3) is 0 Å². The molecule has 1 aromatic heterocycles. The molecule has 0 aliphatic rings. The molecule has 2 aromatic rings. The van der Waals surface area contributed by atoms with Crippen molar-refractivity contribution in [1.29, 1.82) is 0 Å². The summed E-state index contributed by atoms with van der Waals surface area (Å²) in [6.07, 6.45) is 0. The predicted octanol–water partition coefficient (Wildman–Crippen LogP) is 3.36. The Balaban J connectivity index is 2.12. The molecule has 0 amide bonds. The van der Waals surface area contributed by atoms with Crippen LogP contribution in [0.2, 0.25) is 0 Å². The van der Waals surface area contributed by atoms with Gasteiger partial charge in [-0.3, -0.25) is 0 Å². The molecule has 0 spiro atoms. The Hall–Kier alpha value is -1.55. The third kappa shape index (κ3) is 2.33. The van der Waals surface area contributed by atoms with Crippen LogP contribution >= 0.6 is 11.3 Å². The summed E-state index contributed by atoms with van der Waals surface area (Å²) in [4.78, 5) is 0. The first kappa shape index (κ1) is 11.0. The summed E-state index contributed by atoms with van der Waals surface area (Å²) in [5.74, 6) is -0.170. The number of hydrogen-bond acceptors (Lipinski definition) is 3. The second-order valence-electron chi connectivity index (χ2n) is 3.56. The van der Waals surface area contributed by atoms with E-state index < -0.39 is 5.82 Å². The van der Waals surface area contributed by atoms with Gasteiger partial charge in [-0.1, -0.05) is 0 Å². The molecule has 1 aromatic carbocycles. The Kier molecular flexibility index (Phi) is 3.10. The molecule has 0 unspecified atom stereocenters. The van der Waals surface area contributed by atoms with Crippen LogP contribution in [0.3, 0.4) is 0 Å². The van der Waals surface area contributed by atoms with Crippen molar-refractivity contribution >= 4 is 17.0 Å². The third-order valence-corrected chi connectivity index (χ3v) is 3.03. The van der Waals surface area contributed by atoms with Crippen LogP contribution in [0, 0.1) is 12.7 Å². The molecule has 1 heterocycles. The SMILES string of the molecule is Cc1cc(OCc2ccsc2)c(F)cc1N. The maximum Gasteiger partial charge on any atom is 0.167 e. The molecule has 0 aliphatic carbocycles. The Labute approximate surface area is 97.5 Å². The zero-order chi connectivity index (χ0) is 11.5. The number of nitrogen functional groups attached to an aromatic ring is 1. The molecule has 16 heavy (non-hydrogen) atoms. The number of ether oxygens (including phenoxy) is 1. The molecule has 2 rings (SSSR count). The number of halogens is 1. The molecule has 84 valence electrons. The van der Waals surface area contributed by atoms with Crippen molar-refractivity contribution in [2.45, 2.75) is 13.5 Å². The average Bonchev–Trinajstić information content (AvgIpc) is 2.74. The van der Waals surface area contributed by atoms with Crippen molar-refractivity contribution in [1.82, 2.24) is 0 Å². The number of aryl methyl sites for hydroxylation is 1. The first-order chi connectivity index (χ1) is 7.66. The first-order valence-corrected chi connectivity index (χ1v) is 5.80. The normalized spacial score (nSPS) is 10.4. The van der Waals surface area contributed by atoms with Crippen molar-refractivity contribution in [3.05, 3.63) is 45.9 Å². The fourth-order valence-corrected chi connectivity index (χ4v) is 1.97. The summed E-state index contributed by atoms with van der Waals surface area (Å²) >= 11 is 1.59. The van der Waals surface area contributed by atoms with Gasteiger partial charge in [-0.25, -0.2) is 4.39 Å². The van der Waals surface area contributed by atoms with Crippen molar-refractivity contribution in [3.63, 3.8) is 0 Å². The van der Waals surface area contributed by atoms with Crippen molar-refractivity contribution in [2.75, 3.05) is 5.73 Å². The largest absolute Gasteiger partial charge is 0.486 e. The van der Waals surface area contributed by atoms with E-state index in [1.807, 2.05) is 23.8 Å². The maximum atomic E-state index is 13.5. The van der Waals surface area contributed by atoms with Crippen LogP contribution in [0.4, 0.5) is 10.1 Å². The molecule has 0 radical (unpaired) electrons. The van der Waals surface area contributed by atoms with E-state index in [-0.39, 0.29) is 5.75 Å². The molecule has 2 nitrogen and oxygen atoms in total. The lowest BCUT2D eigenvalue weighted by Gasteiger charge is -2.08. The Morgan fingerprint density at radius 1 is 1.44 bits per heavy atom. The number of thiophene rings is 1. The molecular formula is C12H12FNOS. The summed E-state index contributed by atoms with van der Waals surface area (Å²) in [5.41, 5.74) is 7.89. The number of anilines is 1. The molecular weight excluding hydrogens is 225 g/mol. The number of hydrogen-bond donors (Lipinski definition) is 1. The molecule has 0 saturated carbocycles. The molecule has 2 N–H and O–H groups in total. The molecule has 0 aliphatic heterocycles. The van der Waals surface area contributed by atoms with Gasteiger partial charge in [-0.05, 0) is 40.9 Å². The van der Waals surface area contributed by atoms with E-state index in [4.69, 9.17) is 10.5 Å². The van der Waals surface area contributed by atoms with E-state index in [1.165, 1.54) is 6.07 Å². The minimum atomic E-state index is -0.418. The van der Waals surface area contributed by atoms with Gasteiger partial charge in [0.15, 0.2) is 11.6 Å². The van der Waals surface area contributed by atoms with E-state index in [2.05, 4.69) is 0 Å². The molecule has 0 saturated heterocycles. The van der Waals surface area contributed by atoms with Crippen LogP contribution in [0.1, 0.15) is 11.1 Å². The van der Waals surface area contributed by atoms with Gasteiger partial charge < -0.3 is 10.5 Å². The van der Waals surface area contributed by atoms with Crippen LogP contribution in [-0.2, 0) is 6.61 Å². The van der Waals surface area contributed by atoms with Gasteiger partial charge in [0.05, 0.1) is 0 Å². The van der Waals surface area contributed by atoms with Crippen LogP contribution in [0.15, 0.2) is 29.0 Å². The van der Waals surface area contributed by atoms with Crippen molar-refractivity contribution < 1.29 is 9.13 Å². The monoisotopic (exact) mass is 237 g/mol. The van der Waals surface area contributed by atoms with Gasteiger partial charge in [0.2, 0.25) is 0 Å². The summed E-state index contributed by atoms with van der Waals surface area (Å²) in [6, 6.07) is 4.86. The minimum Gasteiger partial charge on any atom is -0.486 e. The van der Waals surface area contributed by atoms with Crippen LogP contribution < -0.4 is 10.5 Å². The summed E-state index contributed by atoms with van der Waals surface area (Å²) < 4.78 is 18.8. The first-order valence-electron chi connectivity index (χ1n) is 4.86. The number of rotatable bonds is 3. The van der Waals surface area contributed by atoms with E-state index in [0.29, 0.717) is 12.3 Å². The van der Waals surface area contributed by atoms with E-state index in [0.717, 1.165) is 11.1 Å². The highest BCUT2D eigenvalue weighted by Gasteiger charge is 2.06. The standard InChI is InChI=1S/C12H12FNOS/c1-8-4-12(10(13)5-11(8)14)15-6-9-2-3-16-7-9/h2-5,7H,6,14H2,1H3. The van der Waals surface area contributed by atoms with Crippen molar-refractivity contribution in [2.24, 2.45) is 0 Å². The average molecular weight is 237 g/mol. The van der Waals surface area contributed by atoms with Crippen molar-refractivity contribution in [3.8, 4) is 5.75 Å². The molecule has 0 bridgehead atoms. The number of nitrogens with two attached hydrogens (primary N) is 1. The highest BCUT2D eigenvalue weighted by atomic mass is 32.1. The Morgan fingerprint density at radius 3 is 2.94 bits per heavy atom. The van der Waals surface area contributed by atoms with Crippen LogP contribution in [0.25, 0.3) is 0 Å². The van der Waals surface area contributed by atoms with E-state index in [1.54, 1.807) is 17.4 Å². The molecule has 4 heteroatoms. The Morgan fingerprint density at radius 2 is 2.25 bits per heavy atom. The zero-order valence-electron chi connectivity index (χ0n) is 8.87. The van der Waals surface area contributed by atoms with Crippen LogP contribution in [0.5, 0.6) is 5.75 Å². The van der Waals surface area contributed by atoms with E-state index >= 15 is 0 Å². The van der Waals surface area contributed by atoms with Gasteiger partial charge >= 0.3 is 0 Å². The third-order valence-electron chi connectivity index (χ3n) is 2.29. The lowest BCUT2D eigenvalue weighted by atomic mass is 10.2. The maximum absolute atomic E-state index is 13.5. The highest BCUT2D eigenvalue weighted by Crippen LogP contribution is 2.24. The van der Waals surface area contributed by atoms with Gasteiger partial charge in [0, 0.05) is 11.8 Å². The summed E-state index contributed by atoms with van der Waals surface area (Å²) in [6.45, 7) is 2.20. The smallest absolute Gasteiger partial charge is 0.167 e. The predicted molar refractivity (Wildman–Crippen MR) is 64.2 cm³/mol. The quantitative estimate of drug-likeness (QED) is 0.831. The van der Waals surface area contributed by atoms with E-state index in [9.17, 15) is 4.39 Å². The molecule has 0 atom stereocenters.